The van der Waals surface area contributed by atoms with Gasteiger partial charge in [-0.15, -0.1) is 0 Å². The Morgan fingerprint density at radius 2 is 1.84 bits per heavy atom. The van der Waals surface area contributed by atoms with E-state index < -0.39 is 0 Å². The zero-order valence-corrected chi connectivity index (χ0v) is 11.0. The molecule has 0 spiro atoms. The highest BCUT2D eigenvalue weighted by atomic mass is 16.1. The molecule has 0 atom stereocenters. The van der Waals surface area contributed by atoms with Crippen molar-refractivity contribution in [3.63, 3.8) is 0 Å². The van der Waals surface area contributed by atoms with E-state index in [0.29, 0.717) is 17.3 Å². The minimum atomic E-state index is -0.266. The molecule has 0 saturated carbocycles. The minimum Gasteiger partial charge on any atom is -0.370 e. The van der Waals surface area contributed by atoms with Crippen molar-refractivity contribution >= 4 is 17.5 Å². The number of anilines is 2. The molecule has 0 aromatic carbocycles. The molecule has 0 aliphatic carbocycles. The number of aryl methyl sites for hydroxylation is 1. The second kappa shape index (κ2) is 5.95. The Kier molecular flexibility index (Phi) is 4.07. The van der Waals surface area contributed by atoms with E-state index in [-0.39, 0.29) is 5.91 Å². The molecule has 0 aliphatic heterocycles. The molecule has 0 unspecified atom stereocenters. The molecule has 2 aromatic rings. The predicted octanol–water partition coefficient (Wildman–Crippen LogP) is 2.47. The summed E-state index contributed by atoms with van der Waals surface area (Å²) in [4.78, 5) is 20.5. The molecule has 0 fully saturated rings. The van der Waals surface area contributed by atoms with E-state index >= 15 is 0 Å². The summed E-state index contributed by atoms with van der Waals surface area (Å²) in [5, 5.41) is 5.80. The lowest BCUT2D eigenvalue weighted by molar-refractivity contribution is 0.102. The van der Waals surface area contributed by atoms with E-state index in [4.69, 9.17) is 0 Å². The van der Waals surface area contributed by atoms with Crippen LogP contribution in [0.25, 0.3) is 0 Å². The molecular formula is C14H16N4O. The second-order valence-corrected chi connectivity index (χ2v) is 4.06. The van der Waals surface area contributed by atoms with Crippen molar-refractivity contribution < 1.29 is 4.79 Å². The van der Waals surface area contributed by atoms with Gasteiger partial charge in [-0.05, 0) is 38.1 Å². The van der Waals surface area contributed by atoms with Crippen LogP contribution in [0.3, 0.4) is 0 Å². The zero-order chi connectivity index (χ0) is 13.7. The first-order chi connectivity index (χ1) is 9.19. The summed E-state index contributed by atoms with van der Waals surface area (Å²) < 4.78 is 0. The summed E-state index contributed by atoms with van der Waals surface area (Å²) in [6, 6.07) is 10.8. The highest BCUT2D eigenvalue weighted by molar-refractivity contribution is 6.02. The van der Waals surface area contributed by atoms with Crippen LogP contribution in [-0.2, 0) is 0 Å². The third kappa shape index (κ3) is 3.51. The van der Waals surface area contributed by atoms with Crippen molar-refractivity contribution in [3.8, 4) is 0 Å². The van der Waals surface area contributed by atoms with Crippen molar-refractivity contribution in [3.05, 3.63) is 47.8 Å². The number of aromatic nitrogens is 2. The fourth-order valence-electron chi connectivity index (χ4n) is 1.63. The van der Waals surface area contributed by atoms with E-state index in [2.05, 4.69) is 20.6 Å². The Morgan fingerprint density at radius 3 is 2.58 bits per heavy atom. The number of carbonyl (C=O) groups is 1. The lowest BCUT2D eigenvalue weighted by atomic mass is 10.3. The molecule has 0 saturated heterocycles. The summed E-state index contributed by atoms with van der Waals surface area (Å²) in [6.07, 6.45) is 0. The number of rotatable bonds is 4. The van der Waals surface area contributed by atoms with Crippen LogP contribution in [0.2, 0.25) is 0 Å². The molecule has 0 bridgehead atoms. The lowest BCUT2D eigenvalue weighted by Crippen LogP contribution is -2.15. The first kappa shape index (κ1) is 13.0. The Hall–Kier alpha value is -2.43. The second-order valence-electron chi connectivity index (χ2n) is 4.06. The third-order valence-electron chi connectivity index (χ3n) is 2.47. The molecule has 1 amide bonds. The molecule has 98 valence electrons. The van der Waals surface area contributed by atoms with Gasteiger partial charge in [0.2, 0.25) is 0 Å². The average Bonchev–Trinajstić information content (AvgIpc) is 2.39. The Labute approximate surface area is 112 Å². The van der Waals surface area contributed by atoms with Crippen LogP contribution in [0.4, 0.5) is 11.6 Å². The highest BCUT2D eigenvalue weighted by Crippen LogP contribution is 2.08. The van der Waals surface area contributed by atoms with Gasteiger partial charge in [0.1, 0.15) is 17.3 Å². The maximum atomic E-state index is 12.0. The van der Waals surface area contributed by atoms with Crippen LogP contribution in [-0.4, -0.2) is 22.4 Å². The normalized spacial score (nSPS) is 10.0. The van der Waals surface area contributed by atoms with Crippen molar-refractivity contribution in [2.24, 2.45) is 0 Å². The third-order valence-corrected chi connectivity index (χ3v) is 2.47. The number of hydrogen-bond donors (Lipinski definition) is 2. The number of carbonyl (C=O) groups excluding carboxylic acids is 1. The van der Waals surface area contributed by atoms with Gasteiger partial charge in [-0.25, -0.2) is 9.97 Å². The van der Waals surface area contributed by atoms with Gasteiger partial charge in [0.05, 0.1) is 0 Å². The van der Waals surface area contributed by atoms with Gasteiger partial charge >= 0.3 is 0 Å². The summed E-state index contributed by atoms with van der Waals surface area (Å²) in [5.74, 6) is 0.950. The summed E-state index contributed by atoms with van der Waals surface area (Å²) in [5.41, 5.74) is 1.22. The molecule has 5 heteroatoms. The molecule has 0 radical (unpaired) electrons. The van der Waals surface area contributed by atoms with Crippen LogP contribution in [0.5, 0.6) is 0 Å². The van der Waals surface area contributed by atoms with E-state index in [9.17, 15) is 4.79 Å². The fraction of sp³-hybridized carbons (Fsp3) is 0.214. The Morgan fingerprint density at radius 1 is 1.11 bits per heavy atom. The van der Waals surface area contributed by atoms with Crippen molar-refractivity contribution in [2.45, 2.75) is 13.8 Å². The SMILES string of the molecule is CCNc1cccc(C(=O)Nc2cccc(C)n2)n1. The summed E-state index contributed by atoms with van der Waals surface area (Å²) in [6.45, 7) is 4.61. The van der Waals surface area contributed by atoms with Gasteiger partial charge in [0, 0.05) is 12.2 Å². The number of nitrogens with one attached hydrogen (secondary N) is 2. The molecule has 0 aliphatic rings. The first-order valence-corrected chi connectivity index (χ1v) is 6.15. The molecule has 2 N–H and O–H groups in total. The molecule has 2 rings (SSSR count). The monoisotopic (exact) mass is 256 g/mol. The van der Waals surface area contributed by atoms with Gasteiger partial charge in [-0.2, -0.15) is 0 Å². The predicted molar refractivity (Wildman–Crippen MR) is 75.3 cm³/mol. The molecular weight excluding hydrogens is 240 g/mol. The first-order valence-electron chi connectivity index (χ1n) is 6.15. The topological polar surface area (TPSA) is 66.9 Å². The standard InChI is InChI=1S/C14H16N4O/c1-3-15-12-8-5-7-11(17-12)14(19)18-13-9-4-6-10(2)16-13/h4-9H,3H2,1-2H3,(H,15,17)(H,16,18,19). The Bertz CT molecular complexity index is 583. The Balaban J connectivity index is 2.13. The molecule has 5 nitrogen and oxygen atoms in total. The van der Waals surface area contributed by atoms with E-state index in [1.807, 2.05) is 32.0 Å². The smallest absolute Gasteiger partial charge is 0.275 e. The minimum absolute atomic E-state index is 0.266. The quantitative estimate of drug-likeness (QED) is 0.881. The van der Waals surface area contributed by atoms with Gasteiger partial charge in [-0.1, -0.05) is 12.1 Å². The lowest BCUT2D eigenvalue weighted by Gasteiger charge is -2.06. The van der Waals surface area contributed by atoms with Crippen molar-refractivity contribution in [1.29, 1.82) is 0 Å². The number of nitrogens with zero attached hydrogens (tertiary/aromatic N) is 2. The van der Waals surface area contributed by atoms with Gasteiger partial charge in [-0.3, -0.25) is 4.79 Å². The van der Waals surface area contributed by atoms with Crippen LogP contribution in [0, 0.1) is 6.92 Å². The van der Waals surface area contributed by atoms with Gasteiger partial charge < -0.3 is 10.6 Å². The maximum absolute atomic E-state index is 12.0. The summed E-state index contributed by atoms with van der Waals surface area (Å²) in [7, 11) is 0. The van der Waals surface area contributed by atoms with Crippen molar-refractivity contribution in [2.75, 3.05) is 17.2 Å². The average molecular weight is 256 g/mol. The molecule has 2 heterocycles. The number of pyridine rings is 2. The van der Waals surface area contributed by atoms with E-state index in [1.165, 1.54) is 0 Å². The largest absolute Gasteiger partial charge is 0.370 e. The van der Waals surface area contributed by atoms with E-state index in [0.717, 1.165) is 12.2 Å². The number of hydrogen-bond acceptors (Lipinski definition) is 4. The summed E-state index contributed by atoms with van der Waals surface area (Å²) >= 11 is 0. The van der Waals surface area contributed by atoms with Crippen LogP contribution in [0.15, 0.2) is 36.4 Å². The van der Waals surface area contributed by atoms with Crippen LogP contribution in [0.1, 0.15) is 23.1 Å². The highest BCUT2D eigenvalue weighted by Gasteiger charge is 2.08. The van der Waals surface area contributed by atoms with E-state index in [1.54, 1.807) is 18.2 Å². The number of amides is 1. The molecule has 2 aromatic heterocycles. The van der Waals surface area contributed by atoms with Crippen LogP contribution < -0.4 is 10.6 Å². The van der Waals surface area contributed by atoms with Gasteiger partial charge in [0.25, 0.3) is 5.91 Å². The van der Waals surface area contributed by atoms with Crippen LogP contribution >= 0.6 is 0 Å². The van der Waals surface area contributed by atoms with Gasteiger partial charge in [0.15, 0.2) is 0 Å². The zero-order valence-electron chi connectivity index (χ0n) is 11.0. The maximum Gasteiger partial charge on any atom is 0.275 e. The van der Waals surface area contributed by atoms with Crippen molar-refractivity contribution in [1.82, 2.24) is 9.97 Å². The fourth-order valence-corrected chi connectivity index (χ4v) is 1.63. The molecule has 19 heavy (non-hydrogen) atoms.